The molecule has 7 rings (SSSR count). The Kier molecular flexibility index (Phi) is 12.2. The zero-order valence-corrected chi connectivity index (χ0v) is 30.7. The number of rotatable bonds is 19. The first-order valence-corrected chi connectivity index (χ1v) is 18.2. The molecule has 1 saturated heterocycles. The molecule has 0 radical (unpaired) electrons. The zero-order valence-electron chi connectivity index (χ0n) is 30.7. The van der Waals surface area contributed by atoms with E-state index in [4.69, 9.17) is 28.4 Å². The van der Waals surface area contributed by atoms with E-state index in [9.17, 15) is 23.6 Å². The highest BCUT2D eigenvalue weighted by molar-refractivity contribution is 6.23. The van der Waals surface area contributed by atoms with Crippen LogP contribution in [0, 0.1) is 5.82 Å². The maximum atomic E-state index is 14.4. The minimum Gasteiger partial charge on any atom is -0.491 e. The summed E-state index contributed by atoms with van der Waals surface area (Å²) in [6.07, 6.45) is 4.81. The Bertz CT molecular complexity index is 2240. The van der Waals surface area contributed by atoms with Crippen molar-refractivity contribution in [2.45, 2.75) is 18.9 Å². The molecule has 1 N–H and O–H groups in total. The predicted octanol–water partition coefficient (Wildman–Crippen LogP) is 3.85. The molecule has 1 atom stereocenters. The number of piperidine rings is 1. The van der Waals surface area contributed by atoms with Crippen molar-refractivity contribution in [2.24, 2.45) is 7.05 Å². The Morgan fingerprint density at radius 1 is 0.714 bits per heavy atom. The third-order valence-corrected chi connectivity index (χ3v) is 9.43. The fourth-order valence-corrected chi connectivity index (χ4v) is 6.66. The number of carbonyl (C=O) groups is 4. The molecule has 1 fully saturated rings. The molecule has 15 nitrogen and oxygen atoms in total. The highest BCUT2D eigenvalue weighted by Gasteiger charge is 2.44. The second kappa shape index (κ2) is 17.8. The lowest BCUT2D eigenvalue weighted by molar-refractivity contribution is -0.136. The number of halogens is 1. The SMILES string of the molecule is Cn1c2cc(-c3ccc(OCCOCCOCCOCCOCCOc4ccc5c(c4)C(=O)N(C4CCC(=O)NC4=O)C5=O)nc3)ccc2c2cncc(F)c21. The topological polar surface area (TPSA) is 170 Å². The van der Waals surface area contributed by atoms with Gasteiger partial charge < -0.3 is 33.0 Å². The number of nitrogens with zero attached hydrogens (tertiary/aromatic N) is 4. The number of nitrogens with one attached hydrogen (secondary N) is 1. The number of amides is 4. The molecule has 5 heterocycles. The second-order valence-electron chi connectivity index (χ2n) is 13.0. The van der Waals surface area contributed by atoms with Gasteiger partial charge in [0.1, 0.15) is 25.0 Å². The van der Waals surface area contributed by atoms with Crippen molar-refractivity contribution >= 4 is 45.4 Å². The van der Waals surface area contributed by atoms with Gasteiger partial charge in [-0.2, -0.15) is 0 Å². The van der Waals surface area contributed by atoms with Gasteiger partial charge in [0.05, 0.1) is 75.7 Å². The van der Waals surface area contributed by atoms with Crippen LogP contribution in [0.1, 0.15) is 33.6 Å². The molecule has 56 heavy (non-hydrogen) atoms. The summed E-state index contributed by atoms with van der Waals surface area (Å²) in [6, 6.07) is 13.2. The van der Waals surface area contributed by atoms with E-state index in [0.717, 1.165) is 32.3 Å². The Morgan fingerprint density at radius 3 is 2.05 bits per heavy atom. The smallest absolute Gasteiger partial charge is 0.262 e. The van der Waals surface area contributed by atoms with E-state index < -0.39 is 29.7 Å². The molecule has 2 aliphatic rings. The van der Waals surface area contributed by atoms with Gasteiger partial charge in [0.2, 0.25) is 17.7 Å². The van der Waals surface area contributed by atoms with Gasteiger partial charge in [-0.3, -0.25) is 34.4 Å². The van der Waals surface area contributed by atoms with Gasteiger partial charge in [-0.25, -0.2) is 9.37 Å². The number of imide groups is 2. The molecule has 5 aromatic rings. The van der Waals surface area contributed by atoms with Gasteiger partial charge >= 0.3 is 0 Å². The van der Waals surface area contributed by atoms with E-state index in [-0.39, 0.29) is 43.0 Å². The van der Waals surface area contributed by atoms with Crippen LogP contribution in [0.5, 0.6) is 11.6 Å². The molecule has 2 aromatic carbocycles. The first-order chi connectivity index (χ1) is 27.3. The number of pyridine rings is 2. The first kappa shape index (κ1) is 38.5. The summed E-state index contributed by atoms with van der Waals surface area (Å²) in [7, 11) is 1.84. The van der Waals surface area contributed by atoms with Crippen LogP contribution in [-0.2, 0) is 35.6 Å². The summed E-state index contributed by atoms with van der Waals surface area (Å²) in [5.74, 6) is -1.72. The quantitative estimate of drug-likeness (QED) is 0.0953. The van der Waals surface area contributed by atoms with Crippen molar-refractivity contribution in [3.8, 4) is 22.8 Å². The lowest BCUT2D eigenvalue weighted by Crippen LogP contribution is -2.54. The number of aryl methyl sites for hydroxylation is 1. The van der Waals surface area contributed by atoms with Crippen LogP contribution in [-0.4, -0.2) is 115 Å². The molecule has 3 aromatic heterocycles. The number of benzene rings is 2. The number of fused-ring (bicyclic) bond motifs is 4. The molecular weight excluding hydrogens is 729 g/mol. The molecular formula is C40H40FN5O10. The van der Waals surface area contributed by atoms with Gasteiger partial charge in [0.15, 0.2) is 5.82 Å². The summed E-state index contributed by atoms with van der Waals surface area (Å²) in [6.45, 7) is 3.54. The highest BCUT2D eigenvalue weighted by Crippen LogP contribution is 2.33. The maximum absolute atomic E-state index is 14.4. The predicted molar refractivity (Wildman–Crippen MR) is 199 cm³/mol. The number of hydrogen-bond donors (Lipinski definition) is 1. The van der Waals surface area contributed by atoms with Crippen molar-refractivity contribution in [1.82, 2.24) is 24.8 Å². The van der Waals surface area contributed by atoms with E-state index in [1.807, 2.05) is 35.9 Å². The van der Waals surface area contributed by atoms with Crippen molar-refractivity contribution < 1.29 is 52.0 Å². The number of ether oxygens (including phenoxy) is 6. The van der Waals surface area contributed by atoms with Crippen LogP contribution in [0.3, 0.4) is 0 Å². The summed E-state index contributed by atoms with van der Waals surface area (Å²) >= 11 is 0. The normalized spacial score (nSPS) is 15.5. The van der Waals surface area contributed by atoms with E-state index in [2.05, 4.69) is 15.3 Å². The van der Waals surface area contributed by atoms with Crippen LogP contribution in [0.15, 0.2) is 67.1 Å². The minimum absolute atomic E-state index is 0.0566. The molecule has 16 heteroatoms. The summed E-state index contributed by atoms with van der Waals surface area (Å²) in [4.78, 5) is 58.8. The van der Waals surface area contributed by atoms with E-state index in [1.54, 1.807) is 24.5 Å². The molecule has 1 unspecified atom stereocenters. The molecule has 4 amide bonds. The second-order valence-corrected chi connectivity index (χ2v) is 13.0. The minimum atomic E-state index is -1.02. The Morgan fingerprint density at radius 2 is 1.38 bits per heavy atom. The molecule has 0 aliphatic carbocycles. The van der Waals surface area contributed by atoms with Gasteiger partial charge in [0.25, 0.3) is 11.8 Å². The maximum Gasteiger partial charge on any atom is 0.262 e. The monoisotopic (exact) mass is 769 g/mol. The lowest BCUT2D eigenvalue weighted by Gasteiger charge is -2.27. The van der Waals surface area contributed by atoms with Crippen LogP contribution in [0.2, 0.25) is 0 Å². The Labute approximate surface area is 320 Å². The van der Waals surface area contributed by atoms with Crippen LogP contribution in [0.4, 0.5) is 4.39 Å². The summed E-state index contributed by atoms with van der Waals surface area (Å²) in [5, 5.41) is 3.89. The molecule has 0 bridgehead atoms. The average molecular weight is 770 g/mol. The van der Waals surface area contributed by atoms with Crippen LogP contribution >= 0.6 is 0 Å². The largest absolute Gasteiger partial charge is 0.491 e. The van der Waals surface area contributed by atoms with Gasteiger partial charge in [-0.15, -0.1) is 0 Å². The summed E-state index contributed by atoms with van der Waals surface area (Å²) in [5.41, 5.74) is 3.64. The Hall–Kier alpha value is -5.81. The number of carbonyl (C=O) groups excluding carboxylic acids is 4. The molecule has 292 valence electrons. The molecule has 2 aliphatic heterocycles. The van der Waals surface area contributed by atoms with E-state index >= 15 is 0 Å². The molecule has 0 saturated carbocycles. The van der Waals surface area contributed by atoms with Crippen molar-refractivity contribution in [2.75, 3.05) is 66.1 Å². The third kappa shape index (κ3) is 8.53. The first-order valence-electron chi connectivity index (χ1n) is 18.2. The van der Waals surface area contributed by atoms with E-state index in [0.29, 0.717) is 70.0 Å². The third-order valence-electron chi connectivity index (χ3n) is 9.43. The van der Waals surface area contributed by atoms with E-state index in [1.165, 1.54) is 18.3 Å². The lowest BCUT2D eigenvalue weighted by atomic mass is 10.0. The average Bonchev–Trinajstić information content (AvgIpc) is 3.63. The van der Waals surface area contributed by atoms with Gasteiger partial charge in [-0.05, 0) is 42.3 Å². The highest BCUT2D eigenvalue weighted by atomic mass is 19.1. The van der Waals surface area contributed by atoms with Crippen LogP contribution < -0.4 is 14.8 Å². The van der Waals surface area contributed by atoms with Crippen molar-refractivity contribution in [1.29, 1.82) is 0 Å². The molecule has 0 spiro atoms. The standard InChI is InChI=1S/C40H40FN5O10/c1-45-34-20-25(2-5-28(34)31-23-42-24-32(41)37(31)45)26-3-9-36(43-22-26)56-19-17-54-15-13-52-11-10-51-12-14-53-16-18-55-27-4-6-29-30(21-27)40(50)46(39(29)49)33-7-8-35(47)44-38(33)48/h2-6,9,20-24,33H,7-8,10-19H2,1H3,(H,44,47,48). The van der Waals surface area contributed by atoms with Gasteiger partial charge in [-0.1, -0.05) is 12.1 Å². The number of hydrogen-bond acceptors (Lipinski definition) is 12. The Balaban J connectivity index is 0.698. The van der Waals surface area contributed by atoms with Gasteiger partial charge in [0, 0.05) is 53.8 Å². The van der Waals surface area contributed by atoms with Crippen molar-refractivity contribution in [3.05, 3.63) is 84.1 Å². The zero-order chi connectivity index (χ0) is 39.0. The van der Waals surface area contributed by atoms with Crippen molar-refractivity contribution in [3.63, 3.8) is 0 Å². The fraction of sp³-hybridized carbons (Fsp3) is 0.350. The van der Waals surface area contributed by atoms with Crippen LogP contribution in [0.25, 0.3) is 32.9 Å². The number of aromatic nitrogens is 3. The fourth-order valence-electron chi connectivity index (χ4n) is 6.66. The summed E-state index contributed by atoms with van der Waals surface area (Å²) < 4.78 is 49.8.